The fourth-order valence-corrected chi connectivity index (χ4v) is 6.69. The van der Waals surface area contributed by atoms with E-state index in [-0.39, 0.29) is 23.6 Å². The molecule has 40 heavy (non-hydrogen) atoms. The molecule has 4 N–H and O–H groups in total. The molecule has 4 saturated heterocycles. The Hall–Kier alpha value is -3.67. The maximum absolute atomic E-state index is 12.6. The first kappa shape index (κ1) is 26.5. The van der Waals surface area contributed by atoms with Crippen LogP contribution in [0.15, 0.2) is 24.5 Å². The van der Waals surface area contributed by atoms with Crippen LogP contribution < -0.4 is 26.2 Å². The summed E-state index contributed by atoms with van der Waals surface area (Å²) in [4.78, 5) is 46.7. The Balaban J connectivity index is 1.14. The normalized spacial score (nSPS) is 23.1. The summed E-state index contributed by atoms with van der Waals surface area (Å²) in [6.45, 7) is 7.32. The van der Waals surface area contributed by atoms with Gasteiger partial charge in [0.1, 0.15) is 11.6 Å². The molecular formula is C28H40N10O2. The van der Waals surface area contributed by atoms with Crippen molar-refractivity contribution >= 4 is 35.1 Å². The molecule has 0 aromatic carbocycles. The Morgan fingerprint density at radius 3 is 2.50 bits per heavy atom. The summed E-state index contributed by atoms with van der Waals surface area (Å²) in [5, 5.41) is 6.67. The number of nitrogens with zero attached hydrogens (tertiary/aromatic N) is 7. The summed E-state index contributed by atoms with van der Waals surface area (Å²) >= 11 is 0. The van der Waals surface area contributed by atoms with Crippen LogP contribution in [-0.4, -0.2) is 102 Å². The van der Waals surface area contributed by atoms with Crippen LogP contribution in [0.4, 0.5) is 27.9 Å². The standard InChI is InChI=1S/C28H40N10O2/c1-35-15-16-38(27(35)40)21-3-2-12-37(19-21)23-18-32-24(25(29)39)26(34-23)33-22-5-4-20(17-31-22)36-13-8-28(9-14-36)6-10-30-11-7-28/h4-5,17-18,21,30H,2-3,6-16,19H2,1H3,(H2,29,39)(H,31,33,34)/t21-/m1/s1. The number of pyridine rings is 1. The number of likely N-dealkylation sites (N-methyl/N-ethyl adjacent to an activating group) is 1. The summed E-state index contributed by atoms with van der Waals surface area (Å²) in [6.07, 6.45) is 10.4. The lowest BCUT2D eigenvalue weighted by Gasteiger charge is -2.45. The molecule has 0 radical (unpaired) electrons. The van der Waals surface area contributed by atoms with Crippen molar-refractivity contribution in [1.29, 1.82) is 0 Å². The number of anilines is 4. The third kappa shape index (κ3) is 5.36. The molecule has 1 spiro atoms. The zero-order valence-electron chi connectivity index (χ0n) is 23.3. The number of urea groups is 1. The number of rotatable bonds is 6. The Morgan fingerprint density at radius 2 is 1.82 bits per heavy atom. The number of hydrogen-bond donors (Lipinski definition) is 3. The first-order valence-corrected chi connectivity index (χ1v) is 14.5. The topological polar surface area (TPSA) is 136 Å². The van der Waals surface area contributed by atoms with E-state index >= 15 is 0 Å². The van der Waals surface area contributed by atoms with E-state index in [1.165, 1.54) is 25.7 Å². The Kier molecular flexibility index (Phi) is 7.35. The number of amides is 3. The molecule has 0 saturated carbocycles. The van der Waals surface area contributed by atoms with E-state index in [0.29, 0.717) is 23.6 Å². The van der Waals surface area contributed by atoms with Gasteiger partial charge in [-0.3, -0.25) is 4.79 Å². The predicted molar refractivity (Wildman–Crippen MR) is 154 cm³/mol. The number of carbonyl (C=O) groups excluding carboxylic acids is 2. The highest BCUT2D eigenvalue weighted by Gasteiger charge is 2.36. The van der Waals surface area contributed by atoms with Crippen LogP contribution in [-0.2, 0) is 0 Å². The molecule has 0 unspecified atom stereocenters. The van der Waals surface area contributed by atoms with Gasteiger partial charge in [0, 0.05) is 46.3 Å². The zero-order valence-corrected chi connectivity index (χ0v) is 23.3. The van der Waals surface area contributed by atoms with Gasteiger partial charge in [-0.25, -0.2) is 19.7 Å². The van der Waals surface area contributed by atoms with Crippen LogP contribution in [0.1, 0.15) is 49.0 Å². The van der Waals surface area contributed by atoms with E-state index in [4.69, 9.17) is 10.7 Å². The van der Waals surface area contributed by atoms with E-state index in [0.717, 1.165) is 64.3 Å². The molecule has 6 heterocycles. The van der Waals surface area contributed by atoms with Crippen molar-refractivity contribution in [2.24, 2.45) is 11.1 Å². The molecule has 4 aliphatic heterocycles. The minimum Gasteiger partial charge on any atom is -0.370 e. The number of nitrogens with one attached hydrogen (secondary N) is 2. The second-order valence-electron chi connectivity index (χ2n) is 11.7. The second-order valence-corrected chi connectivity index (χ2v) is 11.7. The molecule has 214 valence electrons. The molecule has 4 fully saturated rings. The number of carbonyl (C=O) groups is 2. The first-order valence-electron chi connectivity index (χ1n) is 14.5. The summed E-state index contributed by atoms with van der Waals surface area (Å²) in [5.74, 6) is 0.858. The second kappa shape index (κ2) is 11.1. The van der Waals surface area contributed by atoms with E-state index < -0.39 is 5.91 Å². The maximum atomic E-state index is 12.6. The summed E-state index contributed by atoms with van der Waals surface area (Å²) in [7, 11) is 1.84. The van der Waals surface area contributed by atoms with Crippen LogP contribution in [0.5, 0.6) is 0 Å². The average molecular weight is 549 g/mol. The van der Waals surface area contributed by atoms with Gasteiger partial charge in [-0.15, -0.1) is 0 Å². The van der Waals surface area contributed by atoms with Crippen molar-refractivity contribution in [2.45, 2.75) is 44.6 Å². The van der Waals surface area contributed by atoms with Crippen molar-refractivity contribution in [2.75, 3.05) is 74.5 Å². The fourth-order valence-electron chi connectivity index (χ4n) is 6.69. The van der Waals surface area contributed by atoms with Crippen LogP contribution in [0.3, 0.4) is 0 Å². The SMILES string of the molecule is CN1CCN([C@@H]2CCCN(c3cnc(C(N)=O)c(Nc4ccc(N5CCC6(CCNCC6)CC5)cn4)n3)C2)C1=O. The third-order valence-electron chi connectivity index (χ3n) is 9.25. The molecule has 6 rings (SSSR count). The minimum absolute atomic E-state index is 0.0721. The molecule has 0 bridgehead atoms. The van der Waals surface area contributed by atoms with Gasteiger partial charge < -0.3 is 36.0 Å². The molecule has 4 aliphatic rings. The van der Waals surface area contributed by atoms with E-state index in [9.17, 15) is 9.59 Å². The highest BCUT2D eigenvalue weighted by atomic mass is 16.2. The third-order valence-corrected chi connectivity index (χ3v) is 9.25. The van der Waals surface area contributed by atoms with Crippen molar-refractivity contribution in [3.63, 3.8) is 0 Å². The quantitative estimate of drug-likeness (QED) is 0.495. The number of nitrogens with two attached hydrogens (primary N) is 1. The van der Waals surface area contributed by atoms with Crippen molar-refractivity contribution in [3.05, 3.63) is 30.2 Å². The molecule has 12 heteroatoms. The zero-order chi connectivity index (χ0) is 27.7. The number of primary amides is 1. The van der Waals surface area contributed by atoms with Crippen molar-refractivity contribution in [1.82, 2.24) is 30.1 Å². The van der Waals surface area contributed by atoms with Crippen LogP contribution in [0, 0.1) is 5.41 Å². The summed E-state index contributed by atoms with van der Waals surface area (Å²) < 4.78 is 0. The van der Waals surface area contributed by atoms with E-state index in [1.807, 2.05) is 24.2 Å². The molecule has 1 atom stereocenters. The molecular weight excluding hydrogens is 508 g/mol. The van der Waals surface area contributed by atoms with Crippen LogP contribution in [0.25, 0.3) is 0 Å². The first-order chi connectivity index (χ1) is 19.4. The van der Waals surface area contributed by atoms with Crippen LogP contribution in [0.2, 0.25) is 0 Å². The smallest absolute Gasteiger partial charge is 0.320 e. The molecule has 12 nitrogen and oxygen atoms in total. The molecule has 0 aliphatic carbocycles. The van der Waals surface area contributed by atoms with E-state index in [1.54, 1.807) is 11.1 Å². The molecule has 2 aromatic heterocycles. The van der Waals surface area contributed by atoms with Crippen molar-refractivity contribution in [3.8, 4) is 0 Å². The lowest BCUT2D eigenvalue weighted by molar-refractivity contribution is 0.0996. The lowest BCUT2D eigenvalue weighted by atomic mass is 9.71. The van der Waals surface area contributed by atoms with Gasteiger partial charge in [-0.1, -0.05) is 0 Å². The maximum Gasteiger partial charge on any atom is 0.320 e. The van der Waals surface area contributed by atoms with Gasteiger partial charge in [-0.2, -0.15) is 0 Å². The van der Waals surface area contributed by atoms with Crippen LogP contribution >= 0.6 is 0 Å². The molecule has 3 amide bonds. The van der Waals surface area contributed by atoms with E-state index in [2.05, 4.69) is 36.5 Å². The predicted octanol–water partition coefficient (Wildman–Crippen LogP) is 2.02. The Morgan fingerprint density at radius 1 is 1.02 bits per heavy atom. The van der Waals surface area contributed by atoms with Gasteiger partial charge in [0.15, 0.2) is 11.5 Å². The minimum atomic E-state index is -0.652. The van der Waals surface area contributed by atoms with Gasteiger partial charge in [0.05, 0.1) is 24.1 Å². The highest BCUT2D eigenvalue weighted by molar-refractivity contribution is 5.96. The van der Waals surface area contributed by atoms with Gasteiger partial charge in [0.2, 0.25) is 0 Å². The van der Waals surface area contributed by atoms with Gasteiger partial charge in [-0.05, 0) is 69.2 Å². The average Bonchev–Trinajstić information content (AvgIpc) is 3.32. The largest absolute Gasteiger partial charge is 0.370 e. The highest BCUT2D eigenvalue weighted by Crippen LogP contribution is 2.40. The lowest BCUT2D eigenvalue weighted by Crippen LogP contribution is -2.49. The fraction of sp³-hybridized carbons (Fsp3) is 0.607. The summed E-state index contributed by atoms with van der Waals surface area (Å²) in [6, 6.07) is 4.18. The molecule has 2 aromatic rings. The van der Waals surface area contributed by atoms with Crippen molar-refractivity contribution < 1.29 is 9.59 Å². The number of hydrogen-bond acceptors (Lipinski definition) is 9. The number of piperidine rings is 3. The number of aromatic nitrogens is 3. The monoisotopic (exact) mass is 548 g/mol. The Bertz CT molecular complexity index is 1220. The Labute approximate surface area is 235 Å². The summed E-state index contributed by atoms with van der Waals surface area (Å²) in [5.41, 5.74) is 7.31. The van der Waals surface area contributed by atoms with Gasteiger partial charge >= 0.3 is 6.03 Å². The van der Waals surface area contributed by atoms with Gasteiger partial charge in [0.25, 0.3) is 5.91 Å².